The molecule has 0 saturated carbocycles. The number of carbonyl (C=O) groups is 2. The lowest BCUT2D eigenvalue weighted by Gasteiger charge is -2.12. The summed E-state index contributed by atoms with van der Waals surface area (Å²) >= 11 is 11.7. The first-order chi connectivity index (χ1) is 11.9. The van der Waals surface area contributed by atoms with E-state index in [4.69, 9.17) is 23.2 Å². The molecule has 3 N–H and O–H groups in total. The predicted octanol–water partition coefficient (Wildman–Crippen LogP) is 3.15. The first-order valence-electron chi connectivity index (χ1n) is 7.10. The molecule has 0 atom stereocenters. The lowest BCUT2D eigenvalue weighted by Crippen LogP contribution is -2.43. The number of benzene rings is 2. The van der Waals surface area contributed by atoms with Crippen molar-refractivity contribution in [1.82, 2.24) is 16.2 Å². The molecule has 0 heterocycles. The first kappa shape index (κ1) is 18.8. The number of nitrogens with one attached hydrogen (secondary N) is 3. The van der Waals surface area contributed by atoms with Gasteiger partial charge in [0.05, 0.1) is 27.9 Å². The number of hydrazine groups is 1. The van der Waals surface area contributed by atoms with Crippen molar-refractivity contribution >= 4 is 40.7 Å². The van der Waals surface area contributed by atoms with Crippen molar-refractivity contribution in [2.75, 3.05) is 6.54 Å². The van der Waals surface area contributed by atoms with Gasteiger partial charge in [-0.1, -0.05) is 48.0 Å². The SMILES string of the molecule is C=C(NNC(=O)CNC(=O)c1ccccc1F)c1ccc(Cl)c(Cl)c1. The summed E-state index contributed by atoms with van der Waals surface area (Å²) in [6.07, 6.45) is 0. The fourth-order valence-corrected chi connectivity index (χ4v) is 2.14. The molecule has 8 heteroatoms. The van der Waals surface area contributed by atoms with E-state index in [-0.39, 0.29) is 12.1 Å². The second-order valence-corrected chi connectivity index (χ2v) is 5.76. The molecule has 2 aromatic carbocycles. The van der Waals surface area contributed by atoms with Crippen LogP contribution >= 0.6 is 23.2 Å². The van der Waals surface area contributed by atoms with Crippen LogP contribution in [0.5, 0.6) is 0 Å². The van der Waals surface area contributed by atoms with E-state index in [1.165, 1.54) is 18.2 Å². The summed E-state index contributed by atoms with van der Waals surface area (Å²) in [6, 6.07) is 10.4. The molecule has 130 valence electrons. The van der Waals surface area contributed by atoms with E-state index >= 15 is 0 Å². The molecular formula is C17H14Cl2FN3O2. The molecule has 0 aliphatic carbocycles. The van der Waals surface area contributed by atoms with Gasteiger partial charge in [-0.3, -0.25) is 20.4 Å². The summed E-state index contributed by atoms with van der Waals surface area (Å²) in [5.41, 5.74) is 5.84. The van der Waals surface area contributed by atoms with Crippen LogP contribution in [0.2, 0.25) is 10.0 Å². The van der Waals surface area contributed by atoms with Gasteiger partial charge in [-0.25, -0.2) is 4.39 Å². The van der Waals surface area contributed by atoms with Gasteiger partial charge in [0.2, 0.25) is 0 Å². The summed E-state index contributed by atoms with van der Waals surface area (Å²) in [6.45, 7) is 3.42. The average Bonchev–Trinajstić information content (AvgIpc) is 2.60. The maximum Gasteiger partial charge on any atom is 0.257 e. The molecule has 0 aliphatic rings. The molecule has 5 nitrogen and oxygen atoms in total. The van der Waals surface area contributed by atoms with Crippen LogP contribution < -0.4 is 16.2 Å². The zero-order chi connectivity index (χ0) is 18.4. The van der Waals surface area contributed by atoms with Crippen LogP contribution in [0.3, 0.4) is 0 Å². The first-order valence-corrected chi connectivity index (χ1v) is 7.86. The molecule has 0 bridgehead atoms. The maximum absolute atomic E-state index is 13.5. The van der Waals surface area contributed by atoms with E-state index in [0.717, 1.165) is 6.07 Å². The zero-order valence-corrected chi connectivity index (χ0v) is 14.4. The molecule has 25 heavy (non-hydrogen) atoms. The Labute approximate surface area is 153 Å². The second-order valence-electron chi connectivity index (χ2n) is 4.94. The minimum absolute atomic E-state index is 0.136. The van der Waals surface area contributed by atoms with Gasteiger partial charge in [0.25, 0.3) is 11.8 Å². The molecule has 0 unspecified atom stereocenters. The van der Waals surface area contributed by atoms with Crippen LogP contribution in [-0.4, -0.2) is 18.4 Å². The fraction of sp³-hybridized carbons (Fsp3) is 0.0588. The van der Waals surface area contributed by atoms with Gasteiger partial charge in [-0.2, -0.15) is 0 Å². The van der Waals surface area contributed by atoms with Crippen LogP contribution in [0.15, 0.2) is 49.0 Å². The van der Waals surface area contributed by atoms with Gasteiger partial charge in [0, 0.05) is 5.56 Å². The fourth-order valence-electron chi connectivity index (χ4n) is 1.85. The van der Waals surface area contributed by atoms with Crippen LogP contribution in [0.4, 0.5) is 4.39 Å². The lowest BCUT2D eigenvalue weighted by atomic mass is 10.2. The third-order valence-corrected chi connectivity index (χ3v) is 3.89. The number of hydrogen-bond donors (Lipinski definition) is 3. The van der Waals surface area contributed by atoms with Crippen LogP contribution in [0.25, 0.3) is 5.70 Å². The molecule has 0 aromatic heterocycles. The molecule has 0 radical (unpaired) electrons. The van der Waals surface area contributed by atoms with Crippen LogP contribution in [-0.2, 0) is 4.79 Å². The van der Waals surface area contributed by atoms with Crippen molar-refractivity contribution in [3.05, 3.63) is 76.0 Å². The topological polar surface area (TPSA) is 70.2 Å². The normalized spacial score (nSPS) is 10.0. The Balaban J connectivity index is 1.82. The Morgan fingerprint density at radius 1 is 1.04 bits per heavy atom. The van der Waals surface area contributed by atoms with Gasteiger partial charge in [0.1, 0.15) is 5.82 Å². The maximum atomic E-state index is 13.5. The largest absolute Gasteiger partial charge is 0.343 e. The van der Waals surface area contributed by atoms with E-state index in [2.05, 4.69) is 22.7 Å². The third-order valence-electron chi connectivity index (χ3n) is 3.15. The molecule has 2 amide bonds. The van der Waals surface area contributed by atoms with Crippen LogP contribution in [0.1, 0.15) is 15.9 Å². The molecular weight excluding hydrogens is 368 g/mol. The molecule has 0 aliphatic heterocycles. The number of halogens is 3. The summed E-state index contributed by atoms with van der Waals surface area (Å²) < 4.78 is 13.5. The zero-order valence-electron chi connectivity index (χ0n) is 12.9. The Kier molecular flexibility index (Phi) is 6.38. The van der Waals surface area contributed by atoms with Gasteiger partial charge in [-0.05, 0) is 24.3 Å². The third kappa shape index (κ3) is 5.20. The van der Waals surface area contributed by atoms with Crippen molar-refractivity contribution in [3.8, 4) is 0 Å². The van der Waals surface area contributed by atoms with Gasteiger partial charge < -0.3 is 5.32 Å². The second kappa shape index (κ2) is 8.50. The number of amides is 2. The Morgan fingerprint density at radius 2 is 1.76 bits per heavy atom. The summed E-state index contributed by atoms with van der Waals surface area (Å²) in [4.78, 5) is 23.6. The molecule has 2 aromatic rings. The molecule has 0 spiro atoms. The highest BCUT2D eigenvalue weighted by molar-refractivity contribution is 6.42. The monoisotopic (exact) mass is 381 g/mol. The van der Waals surface area contributed by atoms with Crippen molar-refractivity contribution in [2.24, 2.45) is 0 Å². The number of hydrogen-bond acceptors (Lipinski definition) is 3. The van der Waals surface area contributed by atoms with Crippen LogP contribution in [0, 0.1) is 5.82 Å². The molecule has 0 saturated heterocycles. The van der Waals surface area contributed by atoms with E-state index < -0.39 is 17.6 Å². The van der Waals surface area contributed by atoms with Crippen molar-refractivity contribution < 1.29 is 14.0 Å². The highest BCUT2D eigenvalue weighted by Gasteiger charge is 2.12. The smallest absolute Gasteiger partial charge is 0.257 e. The summed E-state index contributed by atoms with van der Waals surface area (Å²) in [7, 11) is 0. The minimum atomic E-state index is -0.684. The van der Waals surface area contributed by atoms with E-state index in [0.29, 0.717) is 21.3 Å². The lowest BCUT2D eigenvalue weighted by molar-refractivity contribution is -0.120. The van der Waals surface area contributed by atoms with E-state index in [9.17, 15) is 14.0 Å². The molecule has 2 rings (SSSR count). The minimum Gasteiger partial charge on any atom is -0.343 e. The van der Waals surface area contributed by atoms with Crippen molar-refractivity contribution in [3.63, 3.8) is 0 Å². The Bertz CT molecular complexity index is 827. The van der Waals surface area contributed by atoms with Crippen molar-refractivity contribution in [2.45, 2.75) is 0 Å². The Morgan fingerprint density at radius 3 is 2.44 bits per heavy atom. The average molecular weight is 382 g/mol. The highest BCUT2D eigenvalue weighted by atomic mass is 35.5. The standard InChI is InChI=1S/C17H14Cl2FN3O2/c1-10(11-6-7-13(18)14(19)8-11)22-23-16(24)9-21-17(25)12-4-2-3-5-15(12)20/h2-8,22H,1,9H2,(H,21,25)(H,23,24). The van der Waals surface area contributed by atoms with Gasteiger partial charge >= 0.3 is 0 Å². The quantitative estimate of drug-likeness (QED) is 0.673. The Hall–Kier alpha value is -2.57. The van der Waals surface area contributed by atoms with Crippen molar-refractivity contribution in [1.29, 1.82) is 0 Å². The predicted molar refractivity (Wildman–Crippen MR) is 95.5 cm³/mol. The summed E-state index contributed by atoms with van der Waals surface area (Å²) in [5, 5.41) is 3.07. The number of rotatable bonds is 6. The molecule has 0 fully saturated rings. The summed E-state index contributed by atoms with van der Waals surface area (Å²) in [5.74, 6) is -1.88. The van der Waals surface area contributed by atoms with Gasteiger partial charge in [0.15, 0.2) is 0 Å². The highest BCUT2D eigenvalue weighted by Crippen LogP contribution is 2.24. The van der Waals surface area contributed by atoms with E-state index in [1.807, 2.05) is 0 Å². The number of carbonyl (C=O) groups excluding carboxylic acids is 2. The van der Waals surface area contributed by atoms with Gasteiger partial charge in [-0.15, -0.1) is 0 Å². The van der Waals surface area contributed by atoms with E-state index in [1.54, 1.807) is 18.2 Å².